The Kier molecular flexibility index (Phi) is 5.78. The van der Waals surface area contributed by atoms with Gasteiger partial charge in [0.1, 0.15) is 17.1 Å². The van der Waals surface area contributed by atoms with Gasteiger partial charge in [0, 0.05) is 24.6 Å². The van der Waals surface area contributed by atoms with E-state index in [2.05, 4.69) is 42.0 Å². The van der Waals surface area contributed by atoms with E-state index >= 15 is 0 Å². The Bertz CT molecular complexity index is 733. The van der Waals surface area contributed by atoms with Gasteiger partial charge in [0.15, 0.2) is 0 Å². The molecular formula is C21H31BrN2O3. The topological polar surface area (TPSA) is 61.8 Å². The molecule has 1 aromatic rings. The second-order valence-electron chi connectivity index (χ2n) is 8.89. The van der Waals surface area contributed by atoms with Crippen LogP contribution in [-0.2, 0) is 0 Å². The second-order valence-corrected chi connectivity index (χ2v) is 9.75. The van der Waals surface area contributed by atoms with Gasteiger partial charge in [-0.1, -0.05) is 13.3 Å². The zero-order chi connectivity index (χ0) is 19.9. The molecule has 1 aromatic carbocycles. The highest BCUT2D eigenvalue weighted by Gasteiger charge is 2.48. The van der Waals surface area contributed by atoms with Crippen molar-refractivity contribution in [2.75, 3.05) is 27.2 Å². The van der Waals surface area contributed by atoms with Crippen molar-refractivity contribution in [3.05, 3.63) is 21.7 Å². The average molecular weight is 439 g/mol. The third-order valence-electron chi connectivity index (χ3n) is 6.07. The zero-order valence-electron chi connectivity index (χ0n) is 16.9. The molecule has 2 N–H and O–H groups in total. The summed E-state index contributed by atoms with van der Waals surface area (Å²) in [5.74, 6) is 1.67. The predicted molar refractivity (Wildman–Crippen MR) is 111 cm³/mol. The van der Waals surface area contributed by atoms with Gasteiger partial charge < -0.3 is 20.1 Å². The molecule has 3 rings (SSSR count). The third-order valence-corrected chi connectivity index (χ3v) is 6.66. The van der Waals surface area contributed by atoms with Crippen LogP contribution in [0.15, 0.2) is 10.5 Å². The van der Waals surface area contributed by atoms with Crippen LogP contribution in [0, 0.1) is 11.8 Å². The fourth-order valence-corrected chi connectivity index (χ4v) is 5.15. The summed E-state index contributed by atoms with van der Waals surface area (Å²) in [5.41, 5.74) is 0.833. The molecule has 0 aromatic heterocycles. The number of nitrogens with one attached hydrogen (secondary N) is 1. The highest BCUT2D eigenvalue weighted by atomic mass is 79.9. The number of ether oxygens (including phenoxy) is 1. The molecule has 1 fully saturated rings. The van der Waals surface area contributed by atoms with Gasteiger partial charge in [-0.25, -0.2) is 0 Å². The summed E-state index contributed by atoms with van der Waals surface area (Å²) in [6, 6.07) is 1.68. The number of rotatable bonds is 4. The first-order valence-electron chi connectivity index (χ1n) is 9.79. The molecular weight excluding hydrogens is 408 g/mol. The molecule has 0 bridgehead atoms. The van der Waals surface area contributed by atoms with E-state index in [-0.39, 0.29) is 23.2 Å². The number of hydrogen-bond donors (Lipinski definition) is 2. The number of phenols is 1. The summed E-state index contributed by atoms with van der Waals surface area (Å²) in [6.45, 7) is 7.82. The molecule has 0 saturated heterocycles. The standard InChI is InChI=1S/C21H31BrN2O3/c1-12-6-7-15-13(10-12)17-18(25)14(20(26)23-8-9-24(4)5)11-16(22)19(17)27-21(15,2)3/h11-13,15,25H,6-10H2,1-5H3,(H,23,26)/t12-,13-,15-/m1/s1. The number of fused-ring (bicyclic) bond motifs is 3. The van der Waals surface area contributed by atoms with Gasteiger partial charge in [0.05, 0.1) is 10.0 Å². The first-order chi connectivity index (χ1) is 12.6. The van der Waals surface area contributed by atoms with E-state index in [1.807, 2.05) is 19.0 Å². The van der Waals surface area contributed by atoms with E-state index in [0.29, 0.717) is 29.7 Å². The van der Waals surface area contributed by atoms with E-state index in [1.165, 1.54) is 6.42 Å². The lowest BCUT2D eigenvalue weighted by atomic mass is 9.64. The van der Waals surface area contributed by atoms with Crippen LogP contribution in [0.25, 0.3) is 0 Å². The number of phenolic OH excluding ortho intramolecular Hbond substituents is 1. The van der Waals surface area contributed by atoms with E-state index in [1.54, 1.807) is 6.07 Å². The highest BCUT2D eigenvalue weighted by molar-refractivity contribution is 9.10. The summed E-state index contributed by atoms with van der Waals surface area (Å²) in [7, 11) is 3.92. The number of aromatic hydroxyl groups is 1. The summed E-state index contributed by atoms with van der Waals surface area (Å²) in [6.07, 6.45) is 3.26. The third kappa shape index (κ3) is 3.97. The maximum atomic E-state index is 12.7. The molecule has 1 aliphatic carbocycles. The maximum absolute atomic E-state index is 12.7. The van der Waals surface area contributed by atoms with Crippen LogP contribution in [0.1, 0.15) is 61.9 Å². The van der Waals surface area contributed by atoms with Gasteiger partial charge in [-0.15, -0.1) is 0 Å². The van der Waals surface area contributed by atoms with Crippen LogP contribution in [-0.4, -0.2) is 48.7 Å². The van der Waals surface area contributed by atoms with Gasteiger partial charge in [0.2, 0.25) is 0 Å². The molecule has 0 radical (unpaired) electrons. The van der Waals surface area contributed by atoms with E-state index < -0.39 is 0 Å². The number of amides is 1. The summed E-state index contributed by atoms with van der Waals surface area (Å²) in [4.78, 5) is 14.7. The Morgan fingerprint density at radius 1 is 1.41 bits per heavy atom. The minimum Gasteiger partial charge on any atom is -0.507 e. The summed E-state index contributed by atoms with van der Waals surface area (Å²) in [5, 5.41) is 14.0. The molecule has 1 saturated carbocycles. The predicted octanol–water partition coefficient (Wildman–Crippen LogP) is 4.14. The Labute approximate surface area is 170 Å². The Morgan fingerprint density at radius 3 is 2.78 bits per heavy atom. The number of likely N-dealkylation sites (N-methyl/N-ethyl adjacent to an activating group) is 1. The van der Waals surface area contributed by atoms with Crippen molar-refractivity contribution in [1.82, 2.24) is 10.2 Å². The fraction of sp³-hybridized carbons (Fsp3) is 0.667. The van der Waals surface area contributed by atoms with Crippen LogP contribution >= 0.6 is 15.9 Å². The van der Waals surface area contributed by atoms with Gasteiger partial charge in [0.25, 0.3) is 5.91 Å². The number of benzene rings is 1. The lowest BCUT2D eigenvalue weighted by Gasteiger charge is -2.49. The van der Waals surface area contributed by atoms with Crippen LogP contribution < -0.4 is 10.1 Å². The lowest BCUT2D eigenvalue weighted by molar-refractivity contribution is -0.0152. The number of halogens is 1. The van der Waals surface area contributed by atoms with E-state index in [9.17, 15) is 9.90 Å². The van der Waals surface area contributed by atoms with Gasteiger partial charge in [-0.3, -0.25) is 4.79 Å². The molecule has 6 heteroatoms. The molecule has 2 aliphatic rings. The Hall–Kier alpha value is -1.27. The number of nitrogens with zero attached hydrogens (tertiary/aromatic N) is 1. The minimum atomic E-state index is -0.289. The number of carbonyl (C=O) groups is 1. The van der Waals surface area contributed by atoms with Crippen molar-refractivity contribution in [1.29, 1.82) is 0 Å². The Balaban J connectivity index is 1.99. The number of carbonyl (C=O) groups excluding carboxylic acids is 1. The monoisotopic (exact) mass is 438 g/mol. The van der Waals surface area contributed by atoms with Crippen molar-refractivity contribution in [2.45, 2.75) is 51.6 Å². The van der Waals surface area contributed by atoms with Crippen LogP contribution in [0.4, 0.5) is 0 Å². The fourth-order valence-electron chi connectivity index (χ4n) is 4.62. The molecule has 27 heavy (non-hydrogen) atoms. The molecule has 5 nitrogen and oxygen atoms in total. The normalized spacial score (nSPS) is 26.1. The molecule has 1 aliphatic heterocycles. The van der Waals surface area contributed by atoms with Gasteiger partial charge in [-0.05, 0) is 74.6 Å². The van der Waals surface area contributed by atoms with Crippen LogP contribution in [0.3, 0.4) is 0 Å². The van der Waals surface area contributed by atoms with Crippen molar-refractivity contribution in [2.24, 2.45) is 11.8 Å². The van der Waals surface area contributed by atoms with E-state index in [4.69, 9.17) is 4.74 Å². The quantitative estimate of drug-likeness (QED) is 0.741. The minimum absolute atomic E-state index is 0.0788. The lowest BCUT2D eigenvalue weighted by Crippen LogP contribution is -2.47. The second kappa shape index (κ2) is 7.63. The highest BCUT2D eigenvalue weighted by Crippen LogP contribution is 2.57. The van der Waals surface area contributed by atoms with E-state index in [0.717, 1.165) is 29.4 Å². The number of hydrogen-bond acceptors (Lipinski definition) is 4. The van der Waals surface area contributed by atoms with Gasteiger partial charge in [-0.2, -0.15) is 0 Å². The van der Waals surface area contributed by atoms with Crippen LogP contribution in [0.2, 0.25) is 0 Å². The van der Waals surface area contributed by atoms with Crippen molar-refractivity contribution in [3.8, 4) is 11.5 Å². The van der Waals surface area contributed by atoms with Crippen molar-refractivity contribution >= 4 is 21.8 Å². The molecule has 1 amide bonds. The van der Waals surface area contributed by atoms with Crippen LogP contribution in [0.5, 0.6) is 11.5 Å². The summed E-state index contributed by atoms with van der Waals surface area (Å²) >= 11 is 3.59. The van der Waals surface area contributed by atoms with Crippen molar-refractivity contribution < 1.29 is 14.6 Å². The smallest absolute Gasteiger partial charge is 0.255 e. The van der Waals surface area contributed by atoms with Gasteiger partial charge >= 0.3 is 0 Å². The maximum Gasteiger partial charge on any atom is 0.255 e. The zero-order valence-corrected chi connectivity index (χ0v) is 18.5. The SMILES string of the molecule is C[C@@H]1CC[C@@H]2[C@@H](C1)c1c(O)c(C(=O)NCCN(C)C)cc(Br)c1OC2(C)C. The molecule has 1 heterocycles. The summed E-state index contributed by atoms with van der Waals surface area (Å²) < 4.78 is 7.07. The first kappa shape index (κ1) is 20.5. The molecule has 3 atom stereocenters. The molecule has 150 valence electrons. The Morgan fingerprint density at radius 2 is 2.11 bits per heavy atom. The molecule has 0 spiro atoms. The molecule has 0 unspecified atom stereocenters. The first-order valence-corrected chi connectivity index (χ1v) is 10.6. The average Bonchev–Trinajstić information content (AvgIpc) is 2.56. The van der Waals surface area contributed by atoms with Crippen molar-refractivity contribution in [3.63, 3.8) is 0 Å². The largest absolute Gasteiger partial charge is 0.507 e.